The Morgan fingerprint density at radius 1 is 1.03 bits per heavy atom. The number of carbonyl (C=O) groups is 1. The van der Waals surface area contributed by atoms with E-state index >= 15 is 0 Å². The van der Waals surface area contributed by atoms with Gasteiger partial charge in [-0.25, -0.2) is 0 Å². The largest absolute Gasteiger partial charge is 0.493 e. The van der Waals surface area contributed by atoms with Crippen molar-refractivity contribution in [2.45, 2.75) is 39.5 Å². The fourth-order valence-electron chi connectivity index (χ4n) is 2.96. The Labute approximate surface area is 184 Å². The summed E-state index contributed by atoms with van der Waals surface area (Å²) in [5.41, 5.74) is 1.15. The number of rotatable bonds is 12. The smallest absolute Gasteiger partial charge is 0.266 e. The average Bonchev–Trinajstić information content (AvgIpc) is 2.79. The fourth-order valence-corrected chi connectivity index (χ4v) is 2.96. The first-order valence-corrected chi connectivity index (χ1v) is 10.6. The molecule has 0 aromatic heterocycles. The summed E-state index contributed by atoms with van der Waals surface area (Å²) in [6.07, 6.45) is 6.01. The molecule has 0 saturated heterocycles. The summed E-state index contributed by atoms with van der Waals surface area (Å²) in [5.74, 6) is 1.25. The quantitative estimate of drug-likeness (QED) is 0.274. The van der Waals surface area contributed by atoms with Gasteiger partial charge < -0.3 is 19.5 Å². The molecule has 1 N–H and O–H groups in total. The second-order valence-electron chi connectivity index (χ2n) is 6.87. The number of benzene rings is 2. The zero-order chi connectivity index (χ0) is 22.5. The Hall–Kier alpha value is -3.46. The normalized spacial score (nSPS) is 10.8. The van der Waals surface area contributed by atoms with Crippen molar-refractivity contribution < 1.29 is 19.0 Å². The molecule has 0 radical (unpaired) electrons. The number of nitrogens with zero attached hydrogens (tertiary/aromatic N) is 1. The van der Waals surface area contributed by atoms with Crippen molar-refractivity contribution in [2.24, 2.45) is 0 Å². The van der Waals surface area contributed by atoms with Crippen LogP contribution in [0.15, 0.2) is 48.0 Å². The summed E-state index contributed by atoms with van der Waals surface area (Å²) in [6, 6.07) is 14.4. The van der Waals surface area contributed by atoms with Crippen LogP contribution in [0.5, 0.6) is 17.2 Å². The van der Waals surface area contributed by atoms with Gasteiger partial charge in [0, 0.05) is 0 Å². The van der Waals surface area contributed by atoms with E-state index in [1.807, 2.05) is 19.1 Å². The van der Waals surface area contributed by atoms with Crippen LogP contribution in [0.2, 0.25) is 0 Å². The maximum absolute atomic E-state index is 12.6. The third-order valence-corrected chi connectivity index (χ3v) is 4.55. The van der Waals surface area contributed by atoms with Crippen molar-refractivity contribution in [3.05, 3.63) is 53.6 Å². The monoisotopic (exact) mass is 422 g/mol. The predicted octanol–water partition coefficient (Wildman–Crippen LogP) is 5.60. The highest BCUT2D eigenvalue weighted by Gasteiger charge is 2.13. The minimum atomic E-state index is -0.509. The summed E-state index contributed by atoms with van der Waals surface area (Å²) in [6.45, 7) is 5.13. The Balaban J connectivity index is 2.12. The van der Waals surface area contributed by atoms with E-state index in [9.17, 15) is 10.1 Å². The third-order valence-electron chi connectivity index (χ3n) is 4.55. The molecule has 0 aliphatic rings. The van der Waals surface area contributed by atoms with Gasteiger partial charge in [-0.3, -0.25) is 4.79 Å². The van der Waals surface area contributed by atoms with Crippen LogP contribution >= 0.6 is 0 Å². The van der Waals surface area contributed by atoms with Gasteiger partial charge in [0.05, 0.1) is 26.0 Å². The van der Waals surface area contributed by atoms with Gasteiger partial charge in [-0.2, -0.15) is 5.26 Å². The molecule has 1 amide bonds. The van der Waals surface area contributed by atoms with Crippen LogP contribution < -0.4 is 19.5 Å². The van der Waals surface area contributed by atoms with Gasteiger partial charge in [0.25, 0.3) is 5.91 Å². The van der Waals surface area contributed by atoms with Crippen LogP contribution in [0.1, 0.15) is 45.1 Å². The number of unbranched alkanes of at least 4 members (excludes halogenated alkanes) is 3. The molecule has 6 nitrogen and oxygen atoms in total. The molecule has 0 heterocycles. The number of nitriles is 1. The van der Waals surface area contributed by atoms with E-state index in [2.05, 4.69) is 12.2 Å². The lowest BCUT2D eigenvalue weighted by molar-refractivity contribution is -0.112. The van der Waals surface area contributed by atoms with Crippen molar-refractivity contribution in [3.63, 3.8) is 0 Å². The Morgan fingerprint density at radius 3 is 2.55 bits per heavy atom. The lowest BCUT2D eigenvalue weighted by Gasteiger charge is -2.12. The average molecular weight is 423 g/mol. The molecule has 164 valence electrons. The lowest BCUT2D eigenvalue weighted by Crippen LogP contribution is -2.14. The lowest BCUT2D eigenvalue weighted by atomic mass is 10.1. The van der Waals surface area contributed by atoms with Crippen molar-refractivity contribution in [3.8, 4) is 23.3 Å². The number of hydrogen-bond donors (Lipinski definition) is 1. The van der Waals surface area contributed by atoms with Gasteiger partial charge in [-0.05, 0) is 49.2 Å². The first kappa shape index (κ1) is 23.8. The highest BCUT2D eigenvalue weighted by molar-refractivity contribution is 6.10. The van der Waals surface area contributed by atoms with Gasteiger partial charge in [-0.15, -0.1) is 0 Å². The van der Waals surface area contributed by atoms with Gasteiger partial charge in [-0.1, -0.05) is 44.4 Å². The molecule has 0 bridgehead atoms. The van der Waals surface area contributed by atoms with Crippen LogP contribution in [0, 0.1) is 11.3 Å². The molecule has 2 aromatic rings. The summed E-state index contributed by atoms with van der Waals surface area (Å²) < 4.78 is 16.8. The zero-order valence-electron chi connectivity index (χ0n) is 18.4. The standard InChI is InChI=1S/C25H30N2O4/c1-4-6-7-10-15-31-23-14-13-19(17-24(23)29-3)16-20(18-26)25(28)27-21-11-8-9-12-22(21)30-5-2/h8-9,11-14,16-17H,4-7,10,15H2,1-3H3,(H,27,28)/b20-16+. The molecule has 0 spiro atoms. The molecule has 0 aliphatic carbocycles. The summed E-state index contributed by atoms with van der Waals surface area (Å²) in [5, 5.41) is 12.3. The Bertz CT molecular complexity index is 931. The molecule has 0 aliphatic heterocycles. The van der Waals surface area contributed by atoms with Crippen molar-refractivity contribution in [1.29, 1.82) is 5.26 Å². The van der Waals surface area contributed by atoms with Crippen molar-refractivity contribution >= 4 is 17.7 Å². The second kappa shape index (κ2) is 13.0. The van der Waals surface area contributed by atoms with Gasteiger partial charge in [0.1, 0.15) is 17.4 Å². The number of ether oxygens (including phenoxy) is 3. The molecule has 2 aromatic carbocycles. The van der Waals surface area contributed by atoms with E-state index in [0.717, 1.165) is 12.8 Å². The van der Waals surface area contributed by atoms with Gasteiger partial charge in [0.15, 0.2) is 11.5 Å². The minimum Gasteiger partial charge on any atom is -0.493 e. The van der Waals surface area contributed by atoms with E-state index in [4.69, 9.17) is 14.2 Å². The third kappa shape index (κ3) is 7.38. The Kier molecular flexibility index (Phi) is 9.96. The number of nitrogens with one attached hydrogen (secondary N) is 1. The number of amides is 1. The Morgan fingerprint density at radius 2 is 1.84 bits per heavy atom. The summed E-state index contributed by atoms with van der Waals surface area (Å²) in [7, 11) is 1.56. The topological polar surface area (TPSA) is 80.6 Å². The fraction of sp³-hybridized carbons (Fsp3) is 0.360. The number of anilines is 1. The van der Waals surface area contributed by atoms with Crippen LogP contribution in [0.4, 0.5) is 5.69 Å². The molecule has 0 unspecified atom stereocenters. The minimum absolute atomic E-state index is 0.0263. The van der Waals surface area contributed by atoms with E-state index < -0.39 is 5.91 Å². The summed E-state index contributed by atoms with van der Waals surface area (Å²) in [4.78, 5) is 12.6. The SMILES string of the molecule is CCCCCCOc1ccc(/C=C(\C#N)C(=O)Nc2ccccc2OCC)cc1OC. The van der Waals surface area contributed by atoms with E-state index in [1.54, 1.807) is 43.5 Å². The predicted molar refractivity (Wildman–Crippen MR) is 122 cm³/mol. The van der Waals surface area contributed by atoms with E-state index in [1.165, 1.54) is 18.9 Å². The second-order valence-corrected chi connectivity index (χ2v) is 6.87. The van der Waals surface area contributed by atoms with Crippen LogP contribution in [-0.4, -0.2) is 26.2 Å². The van der Waals surface area contributed by atoms with E-state index in [-0.39, 0.29) is 5.57 Å². The molecular weight excluding hydrogens is 392 g/mol. The van der Waals surface area contributed by atoms with Crippen molar-refractivity contribution in [1.82, 2.24) is 0 Å². The number of methoxy groups -OCH3 is 1. The zero-order valence-corrected chi connectivity index (χ0v) is 18.4. The number of hydrogen-bond acceptors (Lipinski definition) is 5. The molecule has 6 heteroatoms. The van der Waals surface area contributed by atoms with Crippen molar-refractivity contribution in [2.75, 3.05) is 25.6 Å². The van der Waals surface area contributed by atoms with Crippen LogP contribution in [-0.2, 0) is 4.79 Å². The molecule has 2 rings (SSSR count). The first-order chi connectivity index (χ1) is 15.1. The molecule has 0 saturated carbocycles. The number of para-hydroxylation sites is 2. The van der Waals surface area contributed by atoms with Gasteiger partial charge in [0.2, 0.25) is 0 Å². The maximum atomic E-state index is 12.6. The highest BCUT2D eigenvalue weighted by atomic mass is 16.5. The maximum Gasteiger partial charge on any atom is 0.266 e. The van der Waals surface area contributed by atoms with E-state index in [0.29, 0.717) is 41.7 Å². The highest BCUT2D eigenvalue weighted by Crippen LogP contribution is 2.29. The molecule has 0 fully saturated rings. The van der Waals surface area contributed by atoms with Crippen LogP contribution in [0.3, 0.4) is 0 Å². The van der Waals surface area contributed by atoms with Crippen LogP contribution in [0.25, 0.3) is 6.08 Å². The summed E-state index contributed by atoms with van der Waals surface area (Å²) >= 11 is 0. The number of carbonyl (C=O) groups excluding carboxylic acids is 1. The molecule has 31 heavy (non-hydrogen) atoms. The molecular formula is C25H30N2O4. The first-order valence-electron chi connectivity index (χ1n) is 10.6. The van der Waals surface area contributed by atoms with Gasteiger partial charge >= 0.3 is 0 Å². The molecule has 0 atom stereocenters.